The third-order valence-corrected chi connectivity index (χ3v) is 1.39. The second-order valence-electron chi connectivity index (χ2n) is 2.54. The van der Waals surface area contributed by atoms with Gasteiger partial charge < -0.3 is 5.11 Å². The number of carboxylic acids is 1. The van der Waals surface area contributed by atoms with Crippen LogP contribution in [0.5, 0.6) is 0 Å². The van der Waals surface area contributed by atoms with E-state index in [1.807, 2.05) is 13.8 Å². The molecular weight excluding hydrogens is 229 g/mol. The van der Waals surface area contributed by atoms with Gasteiger partial charge in [-0.25, -0.2) is 4.79 Å². The van der Waals surface area contributed by atoms with E-state index < -0.39 is 5.97 Å². The number of aromatic carboxylic acids is 1. The van der Waals surface area contributed by atoms with Gasteiger partial charge in [-0.1, -0.05) is 13.8 Å². The van der Waals surface area contributed by atoms with Crippen LogP contribution in [-0.2, 0) is 32.7 Å². The van der Waals surface area contributed by atoms with Crippen molar-refractivity contribution in [3.63, 3.8) is 0 Å². The summed E-state index contributed by atoms with van der Waals surface area (Å²) in [5, 5.41) is 8.62. The molecule has 0 aromatic heterocycles. The van der Waals surface area contributed by atoms with Crippen LogP contribution < -0.4 is 0 Å². The number of hydrogen-bond acceptors (Lipinski definition) is 1. The SMILES string of the molecule is Cc1[c-]c(C)cc(C(=O)O)c1.[Y]. The molecule has 0 saturated carbocycles. The quantitative estimate of drug-likeness (QED) is 0.757. The van der Waals surface area contributed by atoms with Gasteiger partial charge in [0.25, 0.3) is 0 Å². The first-order chi connectivity index (χ1) is 5.09. The van der Waals surface area contributed by atoms with Gasteiger partial charge in [-0.15, -0.1) is 0 Å². The fourth-order valence-electron chi connectivity index (χ4n) is 1.01. The van der Waals surface area contributed by atoms with E-state index in [-0.39, 0.29) is 32.7 Å². The Kier molecular flexibility index (Phi) is 4.65. The second-order valence-corrected chi connectivity index (χ2v) is 2.54. The van der Waals surface area contributed by atoms with Crippen LogP contribution in [0.2, 0.25) is 0 Å². The summed E-state index contributed by atoms with van der Waals surface area (Å²) in [7, 11) is 0. The maximum atomic E-state index is 10.5. The molecule has 12 heavy (non-hydrogen) atoms. The van der Waals surface area contributed by atoms with E-state index >= 15 is 0 Å². The average molecular weight is 238 g/mol. The monoisotopic (exact) mass is 238 g/mol. The van der Waals surface area contributed by atoms with Crippen LogP contribution in [0, 0.1) is 19.9 Å². The summed E-state index contributed by atoms with van der Waals surface area (Å²) in [5.41, 5.74) is 2.06. The average Bonchev–Trinajstić information content (AvgIpc) is 1.85. The fraction of sp³-hybridized carbons (Fsp3) is 0.222. The minimum Gasteiger partial charge on any atom is -0.479 e. The molecule has 1 aromatic carbocycles. The first kappa shape index (κ1) is 11.8. The van der Waals surface area contributed by atoms with Crippen molar-refractivity contribution in [2.75, 3.05) is 0 Å². The summed E-state index contributed by atoms with van der Waals surface area (Å²) in [6, 6.07) is 6.22. The molecule has 0 atom stereocenters. The minimum atomic E-state index is -0.884. The van der Waals surface area contributed by atoms with Crippen molar-refractivity contribution >= 4 is 5.97 Å². The van der Waals surface area contributed by atoms with E-state index in [9.17, 15) is 4.79 Å². The van der Waals surface area contributed by atoms with Crippen LogP contribution in [0.4, 0.5) is 0 Å². The van der Waals surface area contributed by atoms with Gasteiger partial charge in [-0.2, -0.15) is 29.3 Å². The molecule has 1 rings (SSSR count). The van der Waals surface area contributed by atoms with Crippen LogP contribution in [-0.4, -0.2) is 11.1 Å². The van der Waals surface area contributed by atoms with Gasteiger partial charge in [0.05, 0.1) is 0 Å². The molecule has 1 aromatic rings. The van der Waals surface area contributed by atoms with Crippen molar-refractivity contribution in [2.24, 2.45) is 0 Å². The van der Waals surface area contributed by atoms with Crippen LogP contribution in [0.25, 0.3) is 0 Å². The molecule has 61 valence electrons. The Balaban J connectivity index is 0.00000121. The molecule has 0 aliphatic heterocycles. The Morgan fingerprint density at radius 2 is 1.75 bits per heavy atom. The molecule has 1 N–H and O–H groups in total. The van der Waals surface area contributed by atoms with Crippen LogP contribution in [0.1, 0.15) is 21.5 Å². The number of aryl methyl sites for hydroxylation is 2. The van der Waals surface area contributed by atoms with Crippen molar-refractivity contribution in [3.8, 4) is 0 Å². The number of hydrogen-bond donors (Lipinski definition) is 1. The predicted octanol–water partition coefficient (Wildman–Crippen LogP) is 1.80. The zero-order chi connectivity index (χ0) is 8.43. The molecule has 0 unspecified atom stereocenters. The Morgan fingerprint density at radius 3 is 2.08 bits per heavy atom. The Morgan fingerprint density at radius 1 is 1.33 bits per heavy atom. The van der Waals surface area contributed by atoms with Crippen molar-refractivity contribution in [1.29, 1.82) is 0 Å². The first-order valence-electron chi connectivity index (χ1n) is 3.33. The zero-order valence-electron chi connectivity index (χ0n) is 7.09. The van der Waals surface area contributed by atoms with E-state index in [1.165, 1.54) is 0 Å². The van der Waals surface area contributed by atoms with Gasteiger partial charge >= 0.3 is 5.97 Å². The third-order valence-electron chi connectivity index (χ3n) is 1.39. The van der Waals surface area contributed by atoms with Crippen molar-refractivity contribution in [2.45, 2.75) is 13.8 Å². The maximum Gasteiger partial charge on any atom is 0.311 e. The number of carbonyl (C=O) groups is 1. The fourth-order valence-corrected chi connectivity index (χ4v) is 1.01. The molecule has 0 bridgehead atoms. The Hall–Kier alpha value is -0.206. The molecule has 3 heteroatoms. The normalized spacial score (nSPS) is 8.83. The van der Waals surface area contributed by atoms with Crippen molar-refractivity contribution < 1.29 is 42.6 Å². The molecule has 0 saturated heterocycles. The van der Waals surface area contributed by atoms with Crippen LogP contribution in [0.3, 0.4) is 0 Å². The molecule has 2 nitrogen and oxygen atoms in total. The number of benzene rings is 1. The molecular formula is C9H9O2Y-. The Bertz CT molecular complexity index is 274. The Labute approximate surface area is 96.9 Å². The van der Waals surface area contributed by atoms with Crippen LogP contribution in [0.15, 0.2) is 12.1 Å². The minimum absolute atomic E-state index is 0. The molecule has 0 fully saturated rings. The van der Waals surface area contributed by atoms with E-state index in [0.29, 0.717) is 5.56 Å². The standard InChI is InChI=1S/C9H9O2.Y/c1-6-3-7(2)5-8(4-6)9(10)11;/h4-5H,1-2H3,(H,10,11);/q-1;. The molecule has 1 radical (unpaired) electrons. The number of rotatable bonds is 1. The first-order valence-corrected chi connectivity index (χ1v) is 3.33. The van der Waals surface area contributed by atoms with Gasteiger partial charge in [-0.05, 0) is 5.56 Å². The van der Waals surface area contributed by atoms with Gasteiger partial charge in [0.15, 0.2) is 0 Å². The van der Waals surface area contributed by atoms with Gasteiger partial charge in [0, 0.05) is 32.7 Å². The summed E-state index contributed by atoms with van der Waals surface area (Å²) < 4.78 is 0. The summed E-state index contributed by atoms with van der Waals surface area (Å²) in [6.07, 6.45) is 0. The molecule has 0 spiro atoms. The third kappa shape index (κ3) is 3.04. The summed E-state index contributed by atoms with van der Waals surface area (Å²) >= 11 is 0. The van der Waals surface area contributed by atoms with E-state index in [0.717, 1.165) is 11.1 Å². The summed E-state index contributed by atoms with van der Waals surface area (Å²) in [6.45, 7) is 3.67. The molecule has 0 aliphatic carbocycles. The predicted molar refractivity (Wildman–Crippen MR) is 41.7 cm³/mol. The molecule has 0 aliphatic rings. The smallest absolute Gasteiger partial charge is 0.311 e. The van der Waals surface area contributed by atoms with Crippen molar-refractivity contribution in [3.05, 3.63) is 34.9 Å². The summed E-state index contributed by atoms with van der Waals surface area (Å²) in [5.74, 6) is -0.884. The number of carboxylic acid groups (broad SMARTS) is 1. The maximum absolute atomic E-state index is 10.5. The van der Waals surface area contributed by atoms with Crippen LogP contribution >= 0.6 is 0 Å². The topological polar surface area (TPSA) is 37.3 Å². The van der Waals surface area contributed by atoms with Gasteiger partial charge in [0.1, 0.15) is 0 Å². The van der Waals surface area contributed by atoms with E-state index in [2.05, 4.69) is 6.07 Å². The van der Waals surface area contributed by atoms with Crippen molar-refractivity contribution in [1.82, 2.24) is 0 Å². The van der Waals surface area contributed by atoms with E-state index in [1.54, 1.807) is 12.1 Å². The van der Waals surface area contributed by atoms with E-state index in [4.69, 9.17) is 5.11 Å². The van der Waals surface area contributed by atoms with Gasteiger partial charge in [-0.3, -0.25) is 0 Å². The second kappa shape index (κ2) is 4.73. The zero-order valence-corrected chi connectivity index (χ0v) is 9.93. The molecule has 0 heterocycles. The summed E-state index contributed by atoms with van der Waals surface area (Å²) in [4.78, 5) is 10.5. The largest absolute Gasteiger partial charge is 0.479 e. The van der Waals surface area contributed by atoms with Gasteiger partial charge in [0.2, 0.25) is 0 Å². The molecule has 0 amide bonds.